The van der Waals surface area contributed by atoms with Gasteiger partial charge in [-0.2, -0.15) is 0 Å². The molecule has 1 aromatic heterocycles. The lowest BCUT2D eigenvalue weighted by Crippen LogP contribution is -2.45. The van der Waals surface area contributed by atoms with Crippen LogP contribution in [0.15, 0.2) is 48.7 Å². The molecule has 1 N–H and O–H groups in total. The number of hydrogen-bond acceptors (Lipinski definition) is 4. The smallest absolute Gasteiger partial charge is 0.267 e. The summed E-state index contributed by atoms with van der Waals surface area (Å²) in [6, 6.07) is 12.8. The number of fused-ring (bicyclic) bond motifs is 1. The van der Waals surface area contributed by atoms with E-state index in [4.69, 9.17) is 4.74 Å². The maximum Gasteiger partial charge on any atom is 0.267 e. The van der Waals surface area contributed by atoms with E-state index in [1.165, 1.54) is 0 Å². The van der Waals surface area contributed by atoms with Crippen molar-refractivity contribution in [3.8, 4) is 5.75 Å². The number of nitrogens with one attached hydrogen (secondary N) is 1. The molecule has 0 fully saturated rings. The van der Waals surface area contributed by atoms with Gasteiger partial charge in [0.15, 0.2) is 6.10 Å². The average molecular weight is 339 g/mol. The largest absolute Gasteiger partial charge is 0.479 e. The van der Waals surface area contributed by atoms with Gasteiger partial charge in [-0.3, -0.25) is 14.6 Å². The zero-order valence-electron chi connectivity index (χ0n) is 14.3. The lowest BCUT2D eigenvalue weighted by Gasteiger charge is -2.32. The summed E-state index contributed by atoms with van der Waals surface area (Å²) in [5.74, 6) is 0.406. The number of aromatic nitrogens is 1. The van der Waals surface area contributed by atoms with Crippen LogP contribution in [-0.4, -0.2) is 29.4 Å². The molecule has 1 aliphatic rings. The van der Waals surface area contributed by atoms with Gasteiger partial charge in [-0.15, -0.1) is 0 Å². The molecule has 6 heteroatoms. The van der Waals surface area contributed by atoms with E-state index in [1.807, 2.05) is 49.4 Å². The summed E-state index contributed by atoms with van der Waals surface area (Å²) < 4.78 is 5.60. The van der Waals surface area contributed by atoms with E-state index in [0.717, 1.165) is 5.69 Å². The van der Waals surface area contributed by atoms with Gasteiger partial charge in [-0.05, 0) is 38.1 Å². The van der Waals surface area contributed by atoms with Crippen LogP contribution in [0.3, 0.4) is 0 Å². The van der Waals surface area contributed by atoms with Crippen LogP contribution >= 0.6 is 0 Å². The maximum absolute atomic E-state index is 12.4. The highest BCUT2D eigenvalue weighted by atomic mass is 16.5. The Morgan fingerprint density at radius 2 is 2.04 bits per heavy atom. The minimum Gasteiger partial charge on any atom is -0.479 e. The molecule has 0 bridgehead atoms. The van der Waals surface area contributed by atoms with Gasteiger partial charge in [0.05, 0.1) is 17.4 Å². The van der Waals surface area contributed by atoms with E-state index in [-0.39, 0.29) is 24.3 Å². The van der Waals surface area contributed by atoms with E-state index >= 15 is 0 Å². The molecule has 2 aromatic rings. The molecule has 0 radical (unpaired) electrons. The Kier molecular flexibility index (Phi) is 4.97. The second-order valence-electron chi connectivity index (χ2n) is 6.01. The fourth-order valence-corrected chi connectivity index (χ4v) is 2.82. The monoisotopic (exact) mass is 339 g/mol. The van der Waals surface area contributed by atoms with E-state index in [2.05, 4.69) is 10.3 Å². The zero-order valence-corrected chi connectivity index (χ0v) is 14.3. The molecule has 1 aliphatic heterocycles. The minimum atomic E-state index is -0.551. The molecule has 2 unspecified atom stereocenters. The Balaban J connectivity index is 1.63. The van der Waals surface area contributed by atoms with Gasteiger partial charge in [-0.1, -0.05) is 18.2 Å². The molecule has 1 aromatic carbocycles. The molecule has 0 saturated carbocycles. The van der Waals surface area contributed by atoms with Gasteiger partial charge >= 0.3 is 0 Å². The maximum atomic E-state index is 12.4. The van der Waals surface area contributed by atoms with Crippen LogP contribution in [0, 0.1) is 0 Å². The second kappa shape index (κ2) is 7.34. The van der Waals surface area contributed by atoms with Crippen LogP contribution in [0.2, 0.25) is 0 Å². The molecule has 2 amide bonds. The standard InChI is InChI=1S/C19H21N3O3/c1-13(15-7-5-6-11-20-15)21-18(23)10-12-22-16-8-3-4-9-17(16)25-14(2)19(22)24/h3-9,11,13-14H,10,12H2,1-2H3,(H,21,23). The van der Waals surface area contributed by atoms with Crippen molar-refractivity contribution in [2.24, 2.45) is 0 Å². The first-order chi connectivity index (χ1) is 12.1. The normalized spacial score (nSPS) is 17.4. The summed E-state index contributed by atoms with van der Waals surface area (Å²) in [6.07, 6.45) is 1.36. The lowest BCUT2D eigenvalue weighted by atomic mass is 10.1. The predicted octanol–water partition coefficient (Wildman–Crippen LogP) is 2.46. The van der Waals surface area contributed by atoms with Gasteiger partial charge in [-0.25, -0.2) is 0 Å². The highest BCUT2D eigenvalue weighted by Gasteiger charge is 2.31. The first-order valence-electron chi connectivity index (χ1n) is 8.33. The number of rotatable bonds is 5. The van der Waals surface area contributed by atoms with Crippen LogP contribution in [0.5, 0.6) is 5.75 Å². The zero-order chi connectivity index (χ0) is 17.8. The van der Waals surface area contributed by atoms with Crippen molar-refractivity contribution < 1.29 is 14.3 Å². The molecule has 25 heavy (non-hydrogen) atoms. The highest BCUT2D eigenvalue weighted by Crippen LogP contribution is 2.33. The average Bonchev–Trinajstić information content (AvgIpc) is 2.63. The third-order valence-electron chi connectivity index (χ3n) is 4.14. The number of ether oxygens (including phenoxy) is 1. The van der Waals surface area contributed by atoms with Crippen LogP contribution in [0.25, 0.3) is 0 Å². The third-order valence-corrected chi connectivity index (χ3v) is 4.14. The van der Waals surface area contributed by atoms with Crippen LogP contribution in [0.4, 0.5) is 5.69 Å². The van der Waals surface area contributed by atoms with E-state index in [9.17, 15) is 9.59 Å². The van der Waals surface area contributed by atoms with Crippen LogP contribution < -0.4 is 15.0 Å². The summed E-state index contributed by atoms with van der Waals surface area (Å²) in [5, 5.41) is 2.92. The topological polar surface area (TPSA) is 71.5 Å². The Morgan fingerprint density at radius 1 is 1.28 bits per heavy atom. The van der Waals surface area contributed by atoms with E-state index in [0.29, 0.717) is 18.0 Å². The molecule has 0 spiro atoms. The first-order valence-corrected chi connectivity index (χ1v) is 8.33. The Hall–Kier alpha value is -2.89. The van der Waals surface area contributed by atoms with Gasteiger partial charge in [0, 0.05) is 19.2 Å². The molecular formula is C19H21N3O3. The predicted molar refractivity (Wildman–Crippen MR) is 94.3 cm³/mol. The highest BCUT2D eigenvalue weighted by molar-refractivity contribution is 6.00. The van der Waals surface area contributed by atoms with Crippen molar-refractivity contribution in [1.29, 1.82) is 0 Å². The van der Waals surface area contributed by atoms with Crippen molar-refractivity contribution >= 4 is 17.5 Å². The minimum absolute atomic E-state index is 0.123. The van der Waals surface area contributed by atoms with Crippen molar-refractivity contribution in [3.63, 3.8) is 0 Å². The van der Waals surface area contributed by atoms with Crippen molar-refractivity contribution in [2.45, 2.75) is 32.4 Å². The Morgan fingerprint density at radius 3 is 2.80 bits per heavy atom. The number of pyridine rings is 1. The van der Waals surface area contributed by atoms with Crippen molar-refractivity contribution in [3.05, 3.63) is 54.4 Å². The summed E-state index contributed by atoms with van der Waals surface area (Å²) in [7, 11) is 0. The number of carbonyl (C=O) groups excluding carboxylic acids is 2. The van der Waals surface area contributed by atoms with E-state index in [1.54, 1.807) is 18.0 Å². The number of anilines is 1. The van der Waals surface area contributed by atoms with Gasteiger partial charge < -0.3 is 15.0 Å². The molecule has 0 aliphatic carbocycles. The van der Waals surface area contributed by atoms with Gasteiger partial charge in [0.25, 0.3) is 5.91 Å². The lowest BCUT2D eigenvalue weighted by molar-refractivity contribution is -0.125. The van der Waals surface area contributed by atoms with E-state index < -0.39 is 6.10 Å². The van der Waals surface area contributed by atoms with Crippen LogP contribution in [0.1, 0.15) is 32.0 Å². The second-order valence-corrected chi connectivity index (χ2v) is 6.01. The number of carbonyl (C=O) groups is 2. The molecule has 130 valence electrons. The van der Waals surface area contributed by atoms with Gasteiger partial charge in [0.2, 0.25) is 5.91 Å². The SMILES string of the molecule is CC1Oc2ccccc2N(CCC(=O)NC(C)c2ccccn2)C1=O. The summed E-state index contributed by atoms with van der Waals surface area (Å²) in [6.45, 7) is 3.91. The number of amides is 2. The quantitative estimate of drug-likeness (QED) is 0.908. The van der Waals surface area contributed by atoms with Crippen molar-refractivity contribution in [1.82, 2.24) is 10.3 Å². The fraction of sp³-hybridized carbons (Fsp3) is 0.316. The van der Waals surface area contributed by atoms with Crippen molar-refractivity contribution in [2.75, 3.05) is 11.4 Å². The van der Waals surface area contributed by atoms with Crippen LogP contribution in [-0.2, 0) is 9.59 Å². The Bertz CT molecular complexity index is 764. The number of benzene rings is 1. The summed E-state index contributed by atoms with van der Waals surface area (Å²) >= 11 is 0. The number of hydrogen-bond donors (Lipinski definition) is 1. The first kappa shape index (κ1) is 17.0. The fourth-order valence-electron chi connectivity index (χ4n) is 2.82. The number of nitrogens with zero attached hydrogens (tertiary/aromatic N) is 2. The molecular weight excluding hydrogens is 318 g/mol. The molecule has 6 nitrogen and oxygen atoms in total. The van der Waals surface area contributed by atoms with Gasteiger partial charge in [0.1, 0.15) is 5.75 Å². The Labute approximate surface area is 146 Å². The third kappa shape index (κ3) is 3.79. The molecule has 2 heterocycles. The molecule has 2 atom stereocenters. The molecule has 0 saturated heterocycles. The summed E-state index contributed by atoms with van der Waals surface area (Å²) in [5.41, 5.74) is 1.51. The molecule has 3 rings (SSSR count). The summed E-state index contributed by atoms with van der Waals surface area (Å²) in [4.78, 5) is 30.5. The number of para-hydroxylation sites is 2.